The molecule has 6 aromatic rings. The molecule has 0 saturated carbocycles. The van der Waals surface area contributed by atoms with E-state index in [1.165, 1.54) is 19.3 Å². The number of benzene rings is 2. The largest absolute Gasteiger partial charge is 0.355 e. The highest BCUT2D eigenvalue weighted by molar-refractivity contribution is 9.09. The van der Waals surface area contributed by atoms with Crippen LogP contribution in [0.3, 0.4) is 0 Å². The Balaban J connectivity index is 0.000000180. The number of aromatic amines is 1. The lowest BCUT2D eigenvalue weighted by Gasteiger charge is -2.32. The van der Waals surface area contributed by atoms with Gasteiger partial charge in [-0.15, -0.1) is 0 Å². The van der Waals surface area contributed by atoms with Gasteiger partial charge in [0.2, 0.25) is 23.7 Å². The van der Waals surface area contributed by atoms with E-state index in [4.69, 9.17) is 4.98 Å². The lowest BCUT2D eigenvalue weighted by molar-refractivity contribution is -0.120. The summed E-state index contributed by atoms with van der Waals surface area (Å²) in [4.78, 5) is 59.2. The summed E-state index contributed by atoms with van der Waals surface area (Å²) in [6.45, 7) is 3.93. The molecule has 3 N–H and O–H groups in total. The van der Waals surface area contributed by atoms with Crippen molar-refractivity contribution in [3.63, 3.8) is 0 Å². The lowest BCUT2D eigenvalue weighted by Crippen LogP contribution is -2.41. The number of H-pyrrole nitrogens is 1. The van der Waals surface area contributed by atoms with Crippen molar-refractivity contribution in [2.75, 3.05) is 62.6 Å². The highest BCUT2D eigenvalue weighted by atomic mass is 79.9. The van der Waals surface area contributed by atoms with Gasteiger partial charge in [0.25, 0.3) is 0 Å². The summed E-state index contributed by atoms with van der Waals surface area (Å²) in [5.41, 5.74) is 3.74. The molecule has 2 fully saturated rings. The van der Waals surface area contributed by atoms with E-state index in [1.807, 2.05) is 42.5 Å². The average Bonchev–Trinajstić information content (AvgIpc) is 3.89. The van der Waals surface area contributed by atoms with Crippen molar-refractivity contribution < 1.29 is 9.59 Å². The van der Waals surface area contributed by atoms with E-state index in [9.17, 15) is 9.59 Å². The van der Waals surface area contributed by atoms with Crippen molar-refractivity contribution in [3.8, 4) is 0 Å². The minimum Gasteiger partial charge on any atom is -0.355 e. The Kier molecular flexibility index (Phi) is 18.7. The zero-order valence-corrected chi connectivity index (χ0v) is 39.2. The molecule has 17 heteroatoms. The first kappa shape index (κ1) is 46.0. The van der Waals surface area contributed by atoms with Gasteiger partial charge < -0.3 is 19.4 Å². The minimum absolute atomic E-state index is 0.0114. The van der Waals surface area contributed by atoms with Crippen LogP contribution in [0.1, 0.15) is 64.2 Å². The molecule has 0 unspecified atom stereocenters. The zero-order chi connectivity index (χ0) is 42.7. The van der Waals surface area contributed by atoms with E-state index in [1.54, 1.807) is 37.2 Å². The van der Waals surface area contributed by atoms with Gasteiger partial charge in [0, 0.05) is 73.5 Å². The van der Waals surface area contributed by atoms with Crippen LogP contribution in [-0.4, -0.2) is 93.4 Å². The van der Waals surface area contributed by atoms with Crippen molar-refractivity contribution in [1.82, 2.24) is 39.5 Å². The predicted octanol–water partition coefficient (Wildman–Crippen LogP) is 9.40. The minimum atomic E-state index is -0.0950. The van der Waals surface area contributed by atoms with Crippen LogP contribution in [0.25, 0.3) is 22.1 Å². The van der Waals surface area contributed by atoms with Gasteiger partial charge in [-0.1, -0.05) is 84.9 Å². The number of hydrogen-bond acceptors (Lipinski definition) is 10. The highest BCUT2D eigenvalue weighted by Crippen LogP contribution is 2.26. The van der Waals surface area contributed by atoms with Crippen LogP contribution in [0.4, 0.5) is 23.5 Å². The molecule has 2 saturated heterocycles. The Labute approximate surface area is 382 Å². The Morgan fingerprint density at radius 1 is 0.656 bits per heavy atom. The van der Waals surface area contributed by atoms with E-state index in [-0.39, 0.29) is 23.7 Å². The van der Waals surface area contributed by atoms with Crippen LogP contribution in [-0.2, 0) is 16.1 Å². The number of halogens is 3. The maximum absolute atomic E-state index is 13.1. The summed E-state index contributed by atoms with van der Waals surface area (Å²) in [5, 5.41) is 9.35. The first-order valence-corrected chi connectivity index (χ1v) is 24.5. The topological polar surface area (TPSA) is 163 Å². The van der Waals surface area contributed by atoms with Crippen LogP contribution in [0.2, 0.25) is 0 Å². The summed E-state index contributed by atoms with van der Waals surface area (Å²) >= 11 is 10.2. The number of aromatic nitrogens is 8. The Morgan fingerprint density at radius 2 is 1.21 bits per heavy atom. The molecule has 2 aliphatic rings. The molecule has 2 aromatic carbocycles. The molecule has 2 aliphatic heterocycles. The molecule has 61 heavy (non-hydrogen) atoms. The molecular formula is C44H55Br3N12O2. The number of piperidine rings is 2. The quantitative estimate of drug-likeness (QED) is 0.0668. The van der Waals surface area contributed by atoms with E-state index in [2.05, 4.69) is 109 Å². The number of unbranched alkanes of at least 4 members (excludes halogenated alkanes) is 4. The number of fused-ring (bicyclic) bond motifs is 2. The van der Waals surface area contributed by atoms with Gasteiger partial charge >= 0.3 is 0 Å². The second-order valence-electron chi connectivity index (χ2n) is 15.0. The lowest BCUT2D eigenvalue weighted by atomic mass is 9.97. The standard InChI is InChI=1S/C22H27BrN6O.C17H18N6O.C5H10Br2/c23-10-4-1-5-14-29-19-9-3-2-8-18(19)26-22(29)27-21(30)17-7-6-13-28(16-17)20-15-24-11-12-25-20;24-16(22-17-20-13-5-1-2-6-14(13)21-17)12-4-3-9-23(11-12)15-10-18-7-8-19-15;6-4-2-1-3-5-7/h2-3,8-9,11-12,15,17H,1,4-7,10,13-14,16H2,(H,26,27,30);1-2,5-8,10,12H,3-4,9,11H2,(H2,20,21,22,24);1-5H2/t17-;12-;/m00./s1. The van der Waals surface area contributed by atoms with Crippen LogP contribution < -0.4 is 20.4 Å². The third-order valence-electron chi connectivity index (χ3n) is 10.6. The fourth-order valence-corrected chi connectivity index (χ4v) is 8.64. The number of rotatable bonds is 15. The van der Waals surface area contributed by atoms with E-state index >= 15 is 0 Å². The maximum Gasteiger partial charge on any atom is 0.231 e. The van der Waals surface area contributed by atoms with Gasteiger partial charge in [-0.25, -0.2) is 19.9 Å². The molecule has 0 spiro atoms. The molecule has 14 nitrogen and oxygen atoms in total. The predicted molar refractivity (Wildman–Crippen MR) is 256 cm³/mol. The van der Waals surface area contributed by atoms with Crippen molar-refractivity contribution in [2.45, 2.75) is 70.8 Å². The van der Waals surface area contributed by atoms with Crippen LogP contribution in [0, 0.1) is 11.8 Å². The van der Waals surface area contributed by atoms with E-state index in [0.29, 0.717) is 25.0 Å². The number of nitrogens with zero attached hydrogens (tertiary/aromatic N) is 9. The molecule has 0 radical (unpaired) electrons. The van der Waals surface area contributed by atoms with Crippen LogP contribution in [0.15, 0.2) is 85.7 Å². The van der Waals surface area contributed by atoms with Gasteiger partial charge in [-0.3, -0.25) is 30.2 Å². The summed E-state index contributed by atoms with van der Waals surface area (Å²) < 4.78 is 2.14. The van der Waals surface area contributed by atoms with Gasteiger partial charge in [-0.05, 0) is 75.6 Å². The molecular weight excluding hydrogens is 968 g/mol. The normalized spacial score (nSPS) is 16.3. The van der Waals surface area contributed by atoms with Gasteiger partial charge in [0.1, 0.15) is 11.6 Å². The number of alkyl halides is 3. The van der Waals surface area contributed by atoms with Crippen LogP contribution in [0.5, 0.6) is 0 Å². The van der Waals surface area contributed by atoms with E-state index in [0.717, 1.165) is 114 Å². The number of carbonyl (C=O) groups is 2. The number of aryl methyl sites for hydroxylation is 1. The van der Waals surface area contributed by atoms with Crippen molar-refractivity contribution >= 4 is 105 Å². The molecule has 4 aromatic heterocycles. The summed E-state index contributed by atoms with van der Waals surface area (Å²) in [5.74, 6) is 2.63. The molecule has 324 valence electrons. The molecule has 8 rings (SSSR count). The smallest absolute Gasteiger partial charge is 0.231 e. The third kappa shape index (κ3) is 13.8. The maximum atomic E-state index is 13.1. The molecule has 2 amide bonds. The van der Waals surface area contributed by atoms with Gasteiger partial charge in [-0.2, -0.15) is 0 Å². The number of carbonyl (C=O) groups excluding carboxylic acids is 2. The third-order valence-corrected chi connectivity index (χ3v) is 12.3. The second kappa shape index (κ2) is 24.8. The number of imidazole rings is 2. The Hall–Kier alpha value is -4.48. The van der Waals surface area contributed by atoms with Crippen LogP contribution >= 0.6 is 47.8 Å². The Morgan fingerprint density at radius 3 is 1.79 bits per heavy atom. The SMILES string of the molecule is BrCCCCCBr.O=C(Nc1nc2ccccc2[nH]1)[C@H]1CCCN(c2cnccn2)C1.O=C(Nc1nc2ccccc2n1CCCCCBr)[C@H]1CCCN(c2cnccn2)C1. The Bertz CT molecular complexity index is 2190. The summed E-state index contributed by atoms with van der Waals surface area (Å²) in [6, 6.07) is 15.8. The number of amides is 2. The summed E-state index contributed by atoms with van der Waals surface area (Å²) in [6.07, 6.45) is 21.1. The molecule has 2 atom stereocenters. The highest BCUT2D eigenvalue weighted by Gasteiger charge is 2.29. The fraction of sp³-hybridized carbons (Fsp3) is 0.455. The number of hydrogen-bond donors (Lipinski definition) is 3. The second-order valence-corrected chi connectivity index (χ2v) is 17.4. The first-order chi connectivity index (χ1) is 30.0. The fourth-order valence-electron chi connectivity index (χ4n) is 7.45. The number of nitrogens with one attached hydrogen (secondary N) is 3. The van der Waals surface area contributed by atoms with E-state index < -0.39 is 0 Å². The molecule has 6 heterocycles. The van der Waals surface area contributed by atoms with Gasteiger partial charge in [0.05, 0.1) is 46.3 Å². The number of anilines is 4. The number of para-hydroxylation sites is 4. The van der Waals surface area contributed by atoms with Crippen molar-refractivity contribution in [3.05, 3.63) is 85.7 Å². The zero-order valence-electron chi connectivity index (χ0n) is 34.4. The molecule has 0 bridgehead atoms. The summed E-state index contributed by atoms with van der Waals surface area (Å²) in [7, 11) is 0. The average molecular weight is 1020 g/mol. The van der Waals surface area contributed by atoms with Gasteiger partial charge in [0.15, 0.2) is 0 Å². The molecule has 0 aliphatic carbocycles. The van der Waals surface area contributed by atoms with Crippen molar-refractivity contribution in [1.29, 1.82) is 0 Å². The first-order valence-electron chi connectivity index (χ1n) is 21.2. The monoisotopic (exact) mass is 1020 g/mol. The van der Waals surface area contributed by atoms with Crippen molar-refractivity contribution in [2.24, 2.45) is 11.8 Å².